The van der Waals surface area contributed by atoms with E-state index >= 15 is 0 Å². The Morgan fingerprint density at radius 3 is 2.69 bits per heavy atom. The zero-order chi connectivity index (χ0) is 20.3. The molecule has 0 radical (unpaired) electrons. The van der Waals surface area contributed by atoms with Gasteiger partial charge in [-0.1, -0.05) is 26.0 Å². The maximum absolute atomic E-state index is 13.6. The summed E-state index contributed by atoms with van der Waals surface area (Å²) < 4.78 is 15.3. The van der Waals surface area contributed by atoms with Crippen LogP contribution in [-0.2, 0) is 17.3 Å². The maximum Gasteiger partial charge on any atom is 0.246 e. The molecule has 0 aliphatic carbocycles. The fourth-order valence-corrected chi connectivity index (χ4v) is 3.32. The van der Waals surface area contributed by atoms with E-state index in [2.05, 4.69) is 15.4 Å². The van der Waals surface area contributed by atoms with E-state index in [1.54, 1.807) is 35.0 Å². The van der Waals surface area contributed by atoms with Crippen molar-refractivity contribution in [3.05, 3.63) is 48.0 Å². The first-order valence-corrected chi connectivity index (χ1v) is 9.31. The largest absolute Gasteiger partial charge is 0.355 e. The highest BCUT2D eigenvalue weighted by molar-refractivity contribution is 14.0. The number of nitrogens with zero attached hydrogens (tertiary/aromatic N) is 5. The number of amides is 1. The molecule has 1 amide bonds. The number of guanidine groups is 1. The Balaban J connectivity index is 0.00000300. The summed E-state index contributed by atoms with van der Waals surface area (Å²) >= 11 is 0. The SMILES string of the molecule is CN=C(NCC(C)(C)c1cccc(F)c1)N1CCN(c2cnn(C)c2)C(=O)C1.I. The van der Waals surface area contributed by atoms with Gasteiger partial charge in [-0.2, -0.15) is 5.10 Å². The summed E-state index contributed by atoms with van der Waals surface area (Å²) in [5.41, 5.74) is 1.43. The summed E-state index contributed by atoms with van der Waals surface area (Å²) in [5.74, 6) is 0.433. The van der Waals surface area contributed by atoms with E-state index in [0.29, 0.717) is 25.6 Å². The quantitative estimate of drug-likeness (QED) is 0.387. The second-order valence-corrected chi connectivity index (χ2v) is 7.63. The zero-order valence-corrected chi connectivity index (χ0v) is 19.6. The minimum Gasteiger partial charge on any atom is -0.355 e. The molecule has 7 nitrogen and oxygen atoms in total. The van der Waals surface area contributed by atoms with Crippen LogP contribution in [0.15, 0.2) is 41.7 Å². The topological polar surface area (TPSA) is 65.8 Å². The van der Waals surface area contributed by atoms with Gasteiger partial charge in [-0.15, -0.1) is 24.0 Å². The predicted octanol–water partition coefficient (Wildman–Crippen LogP) is 2.38. The smallest absolute Gasteiger partial charge is 0.246 e. The number of hydrogen-bond acceptors (Lipinski definition) is 3. The number of anilines is 1. The third-order valence-electron chi connectivity index (χ3n) is 5.03. The predicted molar refractivity (Wildman–Crippen MR) is 123 cm³/mol. The van der Waals surface area contributed by atoms with Crippen molar-refractivity contribution in [2.45, 2.75) is 19.3 Å². The number of rotatable bonds is 4. The first kappa shape index (κ1) is 23.1. The van der Waals surface area contributed by atoms with Crippen LogP contribution in [0.3, 0.4) is 0 Å². The second-order valence-electron chi connectivity index (χ2n) is 7.63. The Hall–Kier alpha value is -2.17. The van der Waals surface area contributed by atoms with Crippen LogP contribution in [-0.4, -0.2) is 59.8 Å². The summed E-state index contributed by atoms with van der Waals surface area (Å²) in [6, 6.07) is 6.64. The monoisotopic (exact) mass is 514 g/mol. The fraction of sp³-hybridized carbons (Fsp3) is 0.450. The summed E-state index contributed by atoms with van der Waals surface area (Å²) in [5, 5.41) is 7.48. The van der Waals surface area contributed by atoms with Crippen molar-refractivity contribution in [2.24, 2.45) is 12.0 Å². The molecular weight excluding hydrogens is 486 g/mol. The third kappa shape index (κ3) is 5.46. The average Bonchev–Trinajstić information content (AvgIpc) is 3.08. The van der Waals surface area contributed by atoms with Crippen LogP contribution >= 0.6 is 24.0 Å². The number of benzene rings is 1. The highest BCUT2D eigenvalue weighted by Crippen LogP contribution is 2.23. The molecule has 2 heterocycles. The Morgan fingerprint density at radius 1 is 1.34 bits per heavy atom. The van der Waals surface area contributed by atoms with Crippen molar-refractivity contribution in [3.8, 4) is 0 Å². The van der Waals surface area contributed by atoms with Gasteiger partial charge in [-0.05, 0) is 17.7 Å². The molecule has 29 heavy (non-hydrogen) atoms. The molecule has 1 aromatic heterocycles. The molecule has 1 saturated heterocycles. The van der Waals surface area contributed by atoms with Crippen LogP contribution < -0.4 is 10.2 Å². The molecule has 0 spiro atoms. The minimum atomic E-state index is -0.292. The number of nitrogens with one attached hydrogen (secondary N) is 1. The van der Waals surface area contributed by atoms with E-state index in [9.17, 15) is 9.18 Å². The van der Waals surface area contributed by atoms with Crippen molar-refractivity contribution >= 4 is 41.5 Å². The third-order valence-corrected chi connectivity index (χ3v) is 5.03. The molecule has 3 rings (SSSR count). The summed E-state index contributed by atoms with van der Waals surface area (Å²) in [6.07, 6.45) is 3.53. The van der Waals surface area contributed by atoms with Crippen molar-refractivity contribution in [2.75, 3.05) is 38.1 Å². The standard InChI is InChI=1S/C20H27FN6O.HI/c1-20(2,15-6-5-7-16(21)10-15)14-23-19(22-3)26-8-9-27(18(28)13-26)17-11-24-25(4)12-17;/h5-7,10-12H,8-9,13-14H2,1-4H3,(H,22,23);1H. The van der Waals surface area contributed by atoms with E-state index < -0.39 is 0 Å². The first-order chi connectivity index (χ1) is 13.3. The molecule has 1 fully saturated rings. The van der Waals surface area contributed by atoms with Crippen molar-refractivity contribution in [1.29, 1.82) is 0 Å². The Kier molecular flexibility index (Phi) is 7.61. The number of carbonyl (C=O) groups excluding carboxylic acids is 1. The lowest BCUT2D eigenvalue weighted by Crippen LogP contribution is -2.56. The van der Waals surface area contributed by atoms with Crippen LogP contribution in [0.25, 0.3) is 0 Å². The van der Waals surface area contributed by atoms with Gasteiger partial charge in [-0.3, -0.25) is 14.5 Å². The number of halogens is 2. The Bertz CT molecular complexity index is 881. The minimum absolute atomic E-state index is 0. The van der Waals surface area contributed by atoms with Crippen molar-refractivity contribution in [1.82, 2.24) is 20.0 Å². The molecule has 1 N–H and O–H groups in total. The molecule has 2 aromatic rings. The highest BCUT2D eigenvalue weighted by Gasteiger charge is 2.29. The van der Waals surface area contributed by atoms with E-state index in [1.807, 2.05) is 38.1 Å². The summed E-state index contributed by atoms with van der Waals surface area (Å²) in [7, 11) is 3.53. The second kappa shape index (κ2) is 9.55. The molecule has 9 heteroatoms. The Labute approximate surface area is 188 Å². The van der Waals surface area contributed by atoms with E-state index in [1.165, 1.54) is 6.07 Å². The van der Waals surface area contributed by atoms with Crippen LogP contribution in [0, 0.1) is 5.82 Å². The van der Waals surface area contributed by atoms with Gasteiger partial charge in [0.05, 0.1) is 11.9 Å². The van der Waals surface area contributed by atoms with E-state index in [0.717, 1.165) is 11.3 Å². The van der Waals surface area contributed by atoms with Gasteiger partial charge in [0.15, 0.2) is 5.96 Å². The number of piperazine rings is 1. The van der Waals surface area contributed by atoms with Gasteiger partial charge in [0.25, 0.3) is 0 Å². The van der Waals surface area contributed by atoms with E-state index in [4.69, 9.17) is 0 Å². The number of hydrogen-bond donors (Lipinski definition) is 1. The van der Waals surface area contributed by atoms with Gasteiger partial charge in [0.2, 0.25) is 5.91 Å². The molecule has 1 aliphatic heterocycles. The molecule has 0 saturated carbocycles. The van der Waals surface area contributed by atoms with Crippen LogP contribution in [0.2, 0.25) is 0 Å². The molecule has 0 unspecified atom stereocenters. The van der Waals surface area contributed by atoms with Gasteiger partial charge in [0.1, 0.15) is 12.4 Å². The van der Waals surface area contributed by atoms with Crippen LogP contribution in [0.4, 0.5) is 10.1 Å². The van der Waals surface area contributed by atoms with Gasteiger partial charge >= 0.3 is 0 Å². The van der Waals surface area contributed by atoms with Gasteiger partial charge in [-0.25, -0.2) is 4.39 Å². The fourth-order valence-electron chi connectivity index (χ4n) is 3.32. The summed E-state index contributed by atoms with van der Waals surface area (Å²) in [6.45, 7) is 6.15. The van der Waals surface area contributed by atoms with Gasteiger partial charge < -0.3 is 15.1 Å². The number of carbonyl (C=O) groups is 1. The van der Waals surface area contributed by atoms with Gasteiger partial charge in [0, 0.05) is 45.3 Å². The molecule has 158 valence electrons. The normalized spacial score (nSPS) is 15.3. The molecule has 0 bridgehead atoms. The van der Waals surface area contributed by atoms with E-state index in [-0.39, 0.29) is 47.7 Å². The lowest BCUT2D eigenvalue weighted by atomic mass is 9.84. The lowest BCUT2D eigenvalue weighted by molar-refractivity contribution is -0.120. The van der Waals surface area contributed by atoms with Crippen molar-refractivity contribution < 1.29 is 9.18 Å². The maximum atomic E-state index is 13.6. The number of aromatic nitrogens is 2. The average molecular weight is 514 g/mol. The molecular formula is C20H28FIN6O. The Morgan fingerprint density at radius 2 is 2.10 bits per heavy atom. The first-order valence-electron chi connectivity index (χ1n) is 9.31. The summed E-state index contributed by atoms with van der Waals surface area (Å²) in [4.78, 5) is 20.6. The van der Waals surface area contributed by atoms with Crippen LogP contribution in [0.1, 0.15) is 19.4 Å². The number of aliphatic imine (C=N–C) groups is 1. The lowest BCUT2D eigenvalue weighted by Gasteiger charge is -2.36. The zero-order valence-electron chi connectivity index (χ0n) is 17.2. The molecule has 0 atom stereocenters. The van der Waals surface area contributed by atoms with Crippen LogP contribution in [0.5, 0.6) is 0 Å². The molecule has 1 aliphatic rings. The number of aryl methyl sites for hydroxylation is 1. The van der Waals surface area contributed by atoms with Crippen molar-refractivity contribution in [3.63, 3.8) is 0 Å². The highest BCUT2D eigenvalue weighted by atomic mass is 127. The molecule has 1 aromatic carbocycles.